The number of hydrogen-bond acceptors (Lipinski definition) is 1. The van der Waals surface area contributed by atoms with Crippen molar-refractivity contribution in [2.75, 3.05) is 20.1 Å². The third-order valence-corrected chi connectivity index (χ3v) is 1.67. The smallest absolute Gasteiger partial charge is 0.662 e. The maximum absolute atomic E-state index is 4.21. The number of rotatable bonds is 1. The summed E-state index contributed by atoms with van der Waals surface area (Å²) in [7, 11) is 1.91. The SMILES string of the molecule is C[N-]C1CCNCC1.[K+]. The molecule has 3 heteroatoms. The van der Waals surface area contributed by atoms with Gasteiger partial charge in [0.1, 0.15) is 0 Å². The molecule has 0 aliphatic carbocycles. The third kappa shape index (κ3) is 4.09. The van der Waals surface area contributed by atoms with E-state index in [0.717, 1.165) is 13.1 Å². The van der Waals surface area contributed by atoms with E-state index in [1.807, 2.05) is 7.05 Å². The van der Waals surface area contributed by atoms with Crippen LogP contribution >= 0.6 is 0 Å². The summed E-state index contributed by atoms with van der Waals surface area (Å²) in [5.41, 5.74) is 0. The monoisotopic (exact) mass is 152 g/mol. The molecule has 0 aromatic heterocycles. The van der Waals surface area contributed by atoms with Gasteiger partial charge in [0.05, 0.1) is 0 Å². The number of nitrogens with one attached hydrogen (secondary N) is 1. The Bertz CT molecular complexity index is 62.1. The Morgan fingerprint density at radius 1 is 1.33 bits per heavy atom. The molecular formula is C6H13KN2. The summed E-state index contributed by atoms with van der Waals surface area (Å²) >= 11 is 0. The summed E-state index contributed by atoms with van der Waals surface area (Å²) in [6, 6.07) is 0.649. The predicted molar refractivity (Wildman–Crippen MR) is 35.2 cm³/mol. The van der Waals surface area contributed by atoms with Gasteiger partial charge in [0, 0.05) is 0 Å². The fourth-order valence-electron chi connectivity index (χ4n) is 1.06. The van der Waals surface area contributed by atoms with E-state index in [1.54, 1.807) is 0 Å². The minimum absolute atomic E-state index is 0. The second kappa shape index (κ2) is 6.28. The van der Waals surface area contributed by atoms with E-state index in [0.29, 0.717) is 6.04 Å². The first-order valence-electron chi connectivity index (χ1n) is 3.23. The van der Waals surface area contributed by atoms with Crippen LogP contribution in [-0.4, -0.2) is 26.2 Å². The van der Waals surface area contributed by atoms with Crippen LogP contribution in [0.5, 0.6) is 0 Å². The van der Waals surface area contributed by atoms with Crippen molar-refractivity contribution in [3.8, 4) is 0 Å². The number of hydrogen-bond donors (Lipinski definition) is 1. The molecule has 0 aromatic rings. The molecular weight excluding hydrogens is 139 g/mol. The van der Waals surface area contributed by atoms with Gasteiger partial charge in [0.15, 0.2) is 0 Å². The molecule has 0 radical (unpaired) electrons. The van der Waals surface area contributed by atoms with Gasteiger partial charge >= 0.3 is 51.4 Å². The molecule has 0 unspecified atom stereocenters. The van der Waals surface area contributed by atoms with Gasteiger partial charge in [0.25, 0.3) is 0 Å². The summed E-state index contributed by atoms with van der Waals surface area (Å²) in [4.78, 5) is 0. The molecule has 1 heterocycles. The van der Waals surface area contributed by atoms with Crippen LogP contribution in [0.25, 0.3) is 5.32 Å². The average molecular weight is 152 g/mol. The van der Waals surface area contributed by atoms with Crippen LogP contribution < -0.4 is 56.7 Å². The van der Waals surface area contributed by atoms with Gasteiger partial charge in [0.2, 0.25) is 0 Å². The quantitative estimate of drug-likeness (QED) is 0.422. The molecule has 1 fully saturated rings. The molecule has 1 saturated heterocycles. The van der Waals surface area contributed by atoms with Crippen LogP contribution in [0.3, 0.4) is 0 Å². The molecule has 48 valence electrons. The molecule has 0 amide bonds. The van der Waals surface area contributed by atoms with Crippen LogP contribution in [0.15, 0.2) is 0 Å². The summed E-state index contributed by atoms with van der Waals surface area (Å²) in [5, 5.41) is 7.50. The van der Waals surface area contributed by atoms with E-state index in [1.165, 1.54) is 12.8 Å². The Kier molecular flexibility index (Phi) is 7.36. The van der Waals surface area contributed by atoms with Crippen LogP contribution in [-0.2, 0) is 0 Å². The van der Waals surface area contributed by atoms with Gasteiger partial charge in [-0.15, -0.1) is 6.04 Å². The van der Waals surface area contributed by atoms with Crippen LogP contribution in [0, 0.1) is 0 Å². The second-order valence-corrected chi connectivity index (χ2v) is 2.24. The molecule has 1 N–H and O–H groups in total. The molecule has 2 nitrogen and oxygen atoms in total. The fourth-order valence-corrected chi connectivity index (χ4v) is 1.06. The minimum Gasteiger partial charge on any atom is -0.662 e. The van der Waals surface area contributed by atoms with Crippen molar-refractivity contribution < 1.29 is 51.4 Å². The van der Waals surface area contributed by atoms with Gasteiger partial charge in [-0.05, 0) is 13.1 Å². The summed E-state index contributed by atoms with van der Waals surface area (Å²) < 4.78 is 0. The molecule has 0 aromatic carbocycles. The van der Waals surface area contributed by atoms with Gasteiger partial charge in [-0.25, -0.2) is 0 Å². The van der Waals surface area contributed by atoms with Gasteiger partial charge in [-0.1, -0.05) is 12.8 Å². The van der Waals surface area contributed by atoms with Gasteiger partial charge in [-0.2, -0.15) is 7.05 Å². The standard InChI is InChI=1S/C6H13N2.K/c1-7-6-2-4-8-5-3-6;/h6,8H,2-5H2,1H3;/q-1;+1. The van der Waals surface area contributed by atoms with E-state index in [-0.39, 0.29) is 51.4 Å². The molecule has 0 atom stereocenters. The Morgan fingerprint density at radius 2 is 1.89 bits per heavy atom. The molecule has 9 heavy (non-hydrogen) atoms. The Labute approximate surface area is 99.6 Å². The van der Waals surface area contributed by atoms with E-state index >= 15 is 0 Å². The Morgan fingerprint density at radius 3 is 2.22 bits per heavy atom. The topological polar surface area (TPSA) is 26.1 Å². The number of piperidine rings is 1. The van der Waals surface area contributed by atoms with Crippen molar-refractivity contribution in [3.05, 3.63) is 5.32 Å². The molecule has 0 saturated carbocycles. The van der Waals surface area contributed by atoms with Crippen LogP contribution in [0.4, 0.5) is 0 Å². The van der Waals surface area contributed by atoms with E-state index in [9.17, 15) is 0 Å². The first-order chi connectivity index (χ1) is 3.93. The normalized spacial score (nSPS) is 21.0. The predicted octanol–water partition coefficient (Wildman–Crippen LogP) is -2.25. The first kappa shape index (κ1) is 10.6. The van der Waals surface area contributed by atoms with Crippen molar-refractivity contribution in [3.63, 3.8) is 0 Å². The molecule has 1 aliphatic heterocycles. The molecule has 0 spiro atoms. The molecule has 1 aliphatic rings. The van der Waals surface area contributed by atoms with E-state index in [2.05, 4.69) is 10.6 Å². The minimum atomic E-state index is 0. The van der Waals surface area contributed by atoms with Crippen molar-refractivity contribution in [2.24, 2.45) is 0 Å². The largest absolute Gasteiger partial charge is 1.00 e. The molecule has 0 bridgehead atoms. The zero-order valence-corrected chi connectivity index (χ0v) is 9.48. The summed E-state index contributed by atoms with van der Waals surface area (Å²) in [5.74, 6) is 0. The Hall–Kier alpha value is 1.56. The van der Waals surface area contributed by atoms with E-state index < -0.39 is 0 Å². The van der Waals surface area contributed by atoms with Crippen molar-refractivity contribution in [1.82, 2.24) is 5.32 Å². The Balaban J connectivity index is 0.000000640. The average Bonchev–Trinajstić information content (AvgIpc) is 1.90. The first-order valence-corrected chi connectivity index (χ1v) is 3.23. The zero-order valence-electron chi connectivity index (χ0n) is 6.35. The van der Waals surface area contributed by atoms with Gasteiger partial charge in [-0.3, -0.25) is 0 Å². The fraction of sp³-hybridized carbons (Fsp3) is 1.00. The third-order valence-electron chi connectivity index (χ3n) is 1.67. The summed E-state index contributed by atoms with van der Waals surface area (Å²) in [6.07, 6.45) is 2.47. The second-order valence-electron chi connectivity index (χ2n) is 2.24. The maximum Gasteiger partial charge on any atom is 1.00 e. The van der Waals surface area contributed by atoms with E-state index in [4.69, 9.17) is 0 Å². The van der Waals surface area contributed by atoms with Crippen molar-refractivity contribution in [1.29, 1.82) is 0 Å². The van der Waals surface area contributed by atoms with Gasteiger partial charge < -0.3 is 10.6 Å². The van der Waals surface area contributed by atoms with Crippen LogP contribution in [0.2, 0.25) is 0 Å². The van der Waals surface area contributed by atoms with Crippen molar-refractivity contribution >= 4 is 0 Å². The summed E-state index contributed by atoms with van der Waals surface area (Å²) in [6.45, 7) is 2.31. The zero-order chi connectivity index (χ0) is 5.82. The number of nitrogens with zero attached hydrogens (tertiary/aromatic N) is 1. The van der Waals surface area contributed by atoms with Crippen LogP contribution in [0.1, 0.15) is 12.8 Å². The molecule has 1 rings (SSSR count). The maximum atomic E-state index is 4.21. The van der Waals surface area contributed by atoms with Crippen molar-refractivity contribution in [2.45, 2.75) is 18.9 Å².